The van der Waals surface area contributed by atoms with Crippen molar-refractivity contribution >= 4 is 23.2 Å². The largest absolute Gasteiger partial charge is 0.487 e. The van der Waals surface area contributed by atoms with Crippen LogP contribution in [0.15, 0.2) is 22.7 Å². The highest BCUT2D eigenvalue weighted by Crippen LogP contribution is 2.63. The number of para-hydroxylation sites is 1. The first kappa shape index (κ1) is 10.6. The van der Waals surface area contributed by atoms with Gasteiger partial charge in [0, 0.05) is 11.5 Å². The van der Waals surface area contributed by atoms with Gasteiger partial charge in [-0.1, -0.05) is 28.9 Å². The van der Waals surface area contributed by atoms with Crippen LogP contribution in [0, 0.1) is 0 Å². The molecule has 2 aliphatic rings. The number of fused-ring (bicyclic) bond motifs is 3. The number of halogens is 2. The number of hydrogen-bond donors (Lipinski definition) is 0. The van der Waals surface area contributed by atoms with Crippen LogP contribution >= 0.6 is 23.2 Å². The molecule has 92 valence electrons. The Kier molecular flexibility index (Phi) is 2.14. The Labute approximate surface area is 113 Å². The second-order valence-corrected chi connectivity index (χ2v) is 5.15. The van der Waals surface area contributed by atoms with Crippen molar-refractivity contribution in [1.29, 1.82) is 0 Å². The highest BCUT2D eigenvalue weighted by molar-refractivity contribution is 6.32. The zero-order valence-electron chi connectivity index (χ0n) is 9.14. The number of nitrogens with zero attached hydrogens (tertiary/aromatic N) is 2. The normalized spacial score (nSPS) is 27.6. The lowest BCUT2D eigenvalue weighted by Crippen LogP contribution is -2.00. The van der Waals surface area contributed by atoms with E-state index in [9.17, 15) is 0 Å². The molecule has 1 aromatic carbocycles. The van der Waals surface area contributed by atoms with Crippen LogP contribution in [0.4, 0.5) is 0 Å². The highest BCUT2D eigenvalue weighted by atomic mass is 35.5. The molecule has 1 aliphatic carbocycles. The summed E-state index contributed by atoms with van der Waals surface area (Å²) in [5.41, 5.74) is 1.13. The molecule has 0 amide bonds. The first-order valence-corrected chi connectivity index (χ1v) is 6.54. The number of alkyl halides is 1. The minimum Gasteiger partial charge on any atom is -0.487 e. The van der Waals surface area contributed by atoms with E-state index in [1.807, 2.05) is 18.2 Å². The molecule has 18 heavy (non-hydrogen) atoms. The molecule has 1 saturated carbocycles. The molecule has 0 bridgehead atoms. The molecule has 1 aliphatic heterocycles. The zero-order chi connectivity index (χ0) is 12.3. The van der Waals surface area contributed by atoms with E-state index in [2.05, 4.69) is 10.1 Å². The summed E-state index contributed by atoms with van der Waals surface area (Å²) < 4.78 is 10.9. The lowest BCUT2D eigenvalue weighted by Gasteiger charge is -2.07. The van der Waals surface area contributed by atoms with E-state index in [1.165, 1.54) is 0 Å². The van der Waals surface area contributed by atoms with Gasteiger partial charge in [0.05, 0.1) is 10.9 Å². The fourth-order valence-corrected chi connectivity index (χ4v) is 2.95. The summed E-state index contributed by atoms with van der Waals surface area (Å²) in [7, 11) is 0. The van der Waals surface area contributed by atoms with Crippen LogP contribution in [0.3, 0.4) is 0 Å². The van der Waals surface area contributed by atoms with Gasteiger partial charge in [0.1, 0.15) is 17.7 Å². The summed E-state index contributed by atoms with van der Waals surface area (Å²) in [5.74, 6) is 2.61. The molecule has 4 nitrogen and oxygen atoms in total. The SMILES string of the molecule is ClCc1nc(C2C3Oc4c(Cl)cccc4C32)no1. The van der Waals surface area contributed by atoms with Crippen LogP contribution in [0.5, 0.6) is 5.75 Å². The summed E-state index contributed by atoms with van der Waals surface area (Å²) in [4.78, 5) is 4.25. The highest BCUT2D eigenvalue weighted by Gasteiger charge is 2.62. The number of benzene rings is 1. The third-order valence-electron chi connectivity index (χ3n) is 3.46. The Morgan fingerprint density at radius 3 is 2.94 bits per heavy atom. The minimum absolute atomic E-state index is 0.0840. The molecule has 3 atom stereocenters. The molecule has 1 fully saturated rings. The predicted molar refractivity (Wildman–Crippen MR) is 65.2 cm³/mol. The maximum Gasteiger partial charge on any atom is 0.241 e. The molecule has 0 saturated heterocycles. The van der Waals surface area contributed by atoms with E-state index >= 15 is 0 Å². The van der Waals surface area contributed by atoms with Crippen LogP contribution in [-0.4, -0.2) is 16.2 Å². The van der Waals surface area contributed by atoms with Gasteiger partial charge in [-0.3, -0.25) is 0 Å². The van der Waals surface area contributed by atoms with Crippen LogP contribution < -0.4 is 4.74 Å². The third kappa shape index (κ3) is 1.33. The average Bonchev–Trinajstić information content (AvgIpc) is 2.79. The molecule has 2 aromatic rings. The lowest BCUT2D eigenvalue weighted by molar-refractivity contribution is 0.306. The Balaban J connectivity index is 1.67. The van der Waals surface area contributed by atoms with Crippen LogP contribution in [-0.2, 0) is 5.88 Å². The van der Waals surface area contributed by atoms with Gasteiger partial charge in [0.25, 0.3) is 0 Å². The average molecular weight is 283 g/mol. The Morgan fingerprint density at radius 2 is 2.17 bits per heavy atom. The molecule has 1 aromatic heterocycles. The fraction of sp³-hybridized carbons (Fsp3) is 0.333. The van der Waals surface area contributed by atoms with Crippen molar-refractivity contribution < 1.29 is 9.26 Å². The first-order valence-electron chi connectivity index (χ1n) is 5.63. The fourth-order valence-electron chi connectivity index (χ4n) is 2.61. The number of ether oxygens (including phenoxy) is 1. The van der Waals surface area contributed by atoms with Crippen LogP contribution in [0.2, 0.25) is 5.02 Å². The molecule has 0 radical (unpaired) electrons. The maximum absolute atomic E-state index is 6.08. The maximum atomic E-state index is 6.08. The smallest absolute Gasteiger partial charge is 0.241 e. The van der Waals surface area contributed by atoms with Crippen molar-refractivity contribution in [3.63, 3.8) is 0 Å². The lowest BCUT2D eigenvalue weighted by atomic mass is 10.1. The summed E-state index contributed by atoms with van der Waals surface area (Å²) in [6.45, 7) is 0. The molecule has 3 unspecified atom stereocenters. The molecule has 4 rings (SSSR count). The van der Waals surface area contributed by atoms with E-state index in [1.54, 1.807) is 0 Å². The van der Waals surface area contributed by atoms with Crippen molar-refractivity contribution in [2.45, 2.75) is 23.8 Å². The summed E-state index contributed by atoms with van der Waals surface area (Å²) >= 11 is 11.7. The molecular weight excluding hydrogens is 275 g/mol. The van der Waals surface area contributed by atoms with Gasteiger partial charge in [-0.15, -0.1) is 11.6 Å². The molecular formula is C12H8Cl2N2O2. The Hall–Kier alpha value is -1.26. The quantitative estimate of drug-likeness (QED) is 0.794. The monoisotopic (exact) mass is 282 g/mol. The molecule has 0 spiro atoms. The standard InChI is InChI=1S/C12H8Cl2N2O2/c13-4-7-15-12(16-18-7)9-8-5-2-1-3-6(14)10(5)17-11(8)9/h1-3,8-9,11H,4H2. The minimum atomic E-state index is 0.0840. The van der Waals surface area contributed by atoms with Crippen LogP contribution in [0.1, 0.15) is 29.1 Å². The number of hydrogen-bond acceptors (Lipinski definition) is 4. The summed E-state index contributed by atoms with van der Waals surface area (Å²) in [6.07, 6.45) is 0.0840. The van der Waals surface area contributed by atoms with Gasteiger partial charge in [-0.05, 0) is 6.07 Å². The predicted octanol–water partition coefficient (Wildman–Crippen LogP) is 3.10. The van der Waals surface area contributed by atoms with Gasteiger partial charge < -0.3 is 9.26 Å². The number of rotatable bonds is 2. The van der Waals surface area contributed by atoms with E-state index in [-0.39, 0.29) is 17.9 Å². The third-order valence-corrected chi connectivity index (χ3v) is 3.99. The van der Waals surface area contributed by atoms with Crippen molar-refractivity contribution in [3.8, 4) is 5.75 Å². The Morgan fingerprint density at radius 1 is 1.28 bits per heavy atom. The van der Waals surface area contributed by atoms with E-state index in [0.29, 0.717) is 22.7 Å². The van der Waals surface area contributed by atoms with Crippen molar-refractivity contribution in [2.75, 3.05) is 0 Å². The zero-order valence-corrected chi connectivity index (χ0v) is 10.6. The van der Waals surface area contributed by atoms with E-state index in [4.69, 9.17) is 32.5 Å². The molecule has 6 heteroatoms. The van der Waals surface area contributed by atoms with Gasteiger partial charge in [0.15, 0.2) is 5.82 Å². The second-order valence-electron chi connectivity index (χ2n) is 4.47. The van der Waals surface area contributed by atoms with Crippen LogP contribution in [0.25, 0.3) is 0 Å². The van der Waals surface area contributed by atoms with Gasteiger partial charge in [0.2, 0.25) is 5.89 Å². The first-order chi connectivity index (χ1) is 8.79. The van der Waals surface area contributed by atoms with Gasteiger partial charge in [-0.2, -0.15) is 4.98 Å². The molecule has 0 N–H and O–H groups in total. The summed E-state index contributed by atoms with van der Waals surface area (Å²) in [6, 6.07) is 5.80. The topological polar surface area (TPSA) is 48.2 Å². The van der Waals surface area contributed by atoms with E-state index in [0.717, 1.165) is 11.3 Å². The second kappa shape index (κ2) is 3.62. The van der Waals surface area contributed by atoms with E-state index < -0.39 is 0 Å². The summed E-state index contributed by atoms with van der Waals surface area (Å²) in [5, 5.41) is 4.60. The number of aromatic nitrogens is 2. The molecule has 2 heterocycles. The Bertz CT molecular complexity index is 628. The van der Waals surface area contributed by atoms with Crippen molar-refractivity contribution in [2.24, 2.45) is 0 Å². The van der Waals surface area contributed by atoms with Crippen molar-refractivity contribution in [3.05, 3.63) is 40.5 Å². The van der Waals surface area contributed by atoms with Crippen molar-refractivity contribution in [1.82, 2.24) is 10.1 Å². The van der Waals surface area contributed by atoms with Gasteiger partial charge >= 0.3 is 0 Å². The van der Waals surface area contributed by atoms with Gasteiger partial charge in [-0.25, -0.2) is 0 Å².